The van der Waals surface area contributed by atoms with E-state index in [0.717, 1.165) is 11.3 Å². The first kappa shape index (κ1) is 13.9. The van der Waals surface area contributed by atoms with Gasteiger partial charge in [-0.3, -0.25) is 0 Å². The van der Waals surface area contributed by atoms with Crippen molar-refractivity contribution >= 4 is 5.84 Å². The van der Waals surface area contributed by atoms with E-state index in [1.54, 1.807) is 12.1 Å². The molecule has 0 unspecified atom stereocenters. The molecular weight excluding hydrogens is 252 g/mol. The van der Waals surface area contributed by atoms with Crippen molar-refractivity contribution < 1.29 is 9.94 Å². The van der Waals surface area contributed by atoms with Gasteiger partial charge in [0.25, 0.3) is 0 Å². The Labute approximate surface area is 118 Å². The largest absolute Gasteiger partial charge is 0.489 e. The Balaban J connectivity index is 2.04. The predicted octanol–water partition coefficient (Wildman–Crippen LogP) is 2.98. The fourth-order valence-corrected chi connectivity index (χ4v) is 2.01. The molecule has 4 nitrogen and oxygen atoms in total. The highest BCUT2D eigenvalue weighted by Gasteiger charge is 2.01. The second kappa shape index (κ2) is 6.10. The van der Waals surface area contributed by atoms with E-state index >= 15 is 0 Å². The van der Waals surface area contributed by atoms with Crippen LogP contribution in [0.2, 0.25) is 0 Å². The number of amidine groups is 1. The Morgan fingerprint density at radius 1 is 1.10 bits per heavy atom. The van der Waals surface area contributed by atoms with Crippen LogP contribution in [0, 0.1) is 13.8 Å². The zero-order valence-electron chi connectivity index (χ0n) is 11.6. The van der Waals surface area contributed by atoms with E-state index in [9.17, 15) is 0 Å². The molecule has 0 atom stereocenters. The third-order valence-electron chi connectivity index (χ3n) is 2.96. The van der Waals surface area contributed by atoms with Gasteiger partial charge in [-0.1, -0.05) is 35.5 Å². The molecule has 2 aromatic carbocycles. The topological polar surface area (TPSA) is 67.8 Å². The molecule has 4 heteroatoms. The van der Waals surface area contributed by atoms with E-state index < -0.39 is 0 Å². The molecule has 0 amide bonds. The van der Waals surface area contributed by atoms with Crippen LogP contribution in [0.4, 0.5) is 0 Å². The second-order valence-corrected chi connectivity index (χ2v) is 4.79. The van der Waals surface area contributed by atoms with Crippen LogP contribution < -0.4 is 10.5 Å². The van der Waals surface area contributed by atoms with Crippen LogP contribution >= 0.6 is 0 Å². The highest BCUT2D eigenvalue weighted by atomic mass is 16.5. The van der Waals surface area contributed by atoms with Crippen LogP contribution in [-0.2, 0) is 6.61 Å². The second-order valence-electron chi connectivity index (χ2n) is 4.79. The van der Waals surface area contributed by atoms with Gasteiger partial charge in [0.05, 0.1) is 0 Å². The molecule has 0 aliphatic carbocycles. The molecule has 0 spiro atoms. The molecule has 0 fully saturated rings. The third-order valence-corrected chi connectivity index (χ3v) is 2.96. The molecule has 0 aromatic heterocycles. The number of benzene rings is 2. The Morgan fingerprint density at radius 3 is 2.25 bits per heavy atom. The average Bonchev–Trinajstić information content (AvgIpc) is 2.44. The minimum absolute atomic E-state index is 0.103. The van der Waals surface area contributed by atoms with Gasteiger partial charge in [-0.05, 0) is 42.7 Å². The summed E-state index contributed by atoms with van der Waals surface area (Å²) in [7, 11) is 0. The molecule has 0 bridgehead atoms. The van der Waals surface area contributed by atoms with Gasteiger partial charge in [-0.25, -0.2) is 0 Å². The standard InChI is InChI=1S/C16H18N2O2/c1-11-7-12(2)9-15(8-11)20-10-13-3-5-14(6-4-13)16(17)18-19/h3-9,19H,10H2,1-2H3,(H2,17,18). The lowest BCUT2D eigenvalue weighted by atomic mass is 10.1. The lowest BCUT2D eigenvalue weighted by Crippen LogP contribution is -2.12. The molecule has 0 radical (unpaired) electrons. The highest BCUT2D eigenvalue weighted by Crippen LogP contribution is 2.17. The summed E-state index contributed by atoms with van der Waals surface area (Å²) in [6, 6.07) is 13.5. The number of nitrogens with zero attached hydrogens (tertiary/aromatic N) is 1. The van der Waals surface area contributed by atoms with Crippen molar-refractivity contribution in [1.29, 1.82) is 0 Å². The lowest BCUT2D eigenvalue weighted by molar-refractivity contribution is 0.306. The first-order chi connectivity index (χ1) is 9.58. The summed E-state index contributed by atoms with van der Waals surface area (Å²) >= 11 is 0. The fourth-order valence-electron chi connectivity index (χ4n) is 2.01. The van der Waals surface area contributed by atoms with E-state index in [0.29, 0.717) is 12.2 Å². The van der Waals surface area contributed by atoms with Gasteiger partial charge >= 0.3 is 0 Å². The SMILES string of the molecule is Cc1cc(C)cc(OCc2ccc(/C(N)=N/O)cc2)c1. The van der Waals surface area contributed by atoms with E-state index in [-0.39, 0.29) is 5.84 Å². The molecule has 0 aliphatic heterocycles. The number of hydrogen-bond donors (Lipinski definition) is 2. The molecule has 0 saturated carbocycles. The minimum atomic E-state index is 0.103. The Bertz CT molecular complexity index is 599. The molecule has 2 rings (SSSR count). The van der Waals surface area contributed by atoms with Crippen molar-refractivity contribution in [2.24, 2.45) is 10.9 Å². The molecule has 3 N–H and O–H groups in total. The van der Waals surface area contributed by atoms with Gasteiger partial charge in [0.2, 0.25) is 0 Å². The highest BCUT2D eigenvalue weighted by molar-refractivity contribution is 5.96. The maximum Gasteiger partial charge on any atom is 0.170 e. The van der Waals surface area contributed by atoms with Crippen LogP contribution in [0.15, 0.2) is 47.6 Å². The zero-order valence-corrected chi connectivity index (χ0v) is 11.6. The smallest absolute Gasteiger partial charge is 0.170 e. The average molecular weight is 270 g/mol. The number of rotatable bonds is 4. The van der Waals surface area contributed by atoms with Crippen LogP contribution in [0.25, 0.3) is 0 Å². The normalized spacial score (nSPS) is 11.4. The third kappa shape index (κ3) is 3.51. The van der Waals surface area contributed by atoms with Gasteiger partial charge in [0.15, 0.2) is 5.84 Å². The van der Waals surface area contributed by atoms with Crippen molar-refractivity contribution in [3.8, 4) is 5.75 Å². The Hall–Kier alpha value is -2.49. The van der Waals surface area contributed by atoms with Gasteiger partial charge < -0.3 is 15.7 Å². The molecule has 0 aliphatic rings. The van der Waals surface area contributed by atoms with E-state index in [1.165, 1.54) is 11.1 Å². The van der Waals surface area contributed by atoms with Crippen molar-refractivity contribution in [1.82, 2.24) is 0 Å². The number of ether oxygens (including phenoxy) is 1. The maximum atomic E-state index is 8.60. The van der Waals surface area contributed by atoms with Crippen molar-refractivity contribution in [2.75, 3.05) is 0 Å². The minimum Gasteiger partial charge on any atom is -0.489 e. The molecule has 104 valence electrons. The van der Waals surface area contributed by atoms with Gasteiger partial charge in [0, 0.05) is 5.56 Å². The zero-order chi connectivity index (χ0) is 14.5. The summed E-state index contributed by atoms with van der Waals surface area (Å²) < 4.78 is 5.77. The first-order valence-corrected chi connectivity index (χ1v) is 6.36. The molecule has 2 aromatic rings. The summed E-state index contributed by atoms with van der Waals surface area (Å²) in [4.78, 5) is 0. The fraction of sp³-hybridized carbons (Fsp3) is 0.188. The van der Waals surface area contributed by atoms with Crippen molar-refractivity contribution in [3.63, 3.8) is 0 Å². The number of nitrogens with two attached hydrogens (primary N) is 1. The molecule has 0 saturated heterocycles. The number of oxime groups is 1. The summed E-state index contributed by atoms with van der Waals surface area (Å²) in [5.74, 6) is 0.967. The van der Waals surface area contributed by atoms with E-state index in [2.05, 4.69) is 11.2 Å². The monoisotopic (exact) mass is 270 g/mol. The van der Waals surface area contributed by atoms with E-state index in [1.807, 2.05) is 38.1 Å². The first-order valence-electron chi connectivity index (χ1n) is 6.36. The quantitative estimate of drug-likeness (QED) is 0.388. The van der Waals surface area contributed by atoms with E-state index in [4.69, 9.17) is 15.7 Å². The van der Waals surface area contributed by atoms with Gasteiger partial charge in [0.1, 0.15) is 12.4 Å². The molecule has 0 heterocycles. The summed E-state index contributed by atoms with van der Waals surface area (Å²) in [5, 5.41) is 11.6. The predicted molar refractivity (Wildman–Crippen MR) is 79.2 cm³/mol. The molecular formula is C16H18N2O2. The van der Waals surface area contributed by atoms with Gasteiger partial charge in [-0.15, -0.1) is 0 Å². The van der Waals surface area contributed by atoms with Crippen molar-refractivity contribution in [2.45, 2.75) is 20.5 Å². The van der Waals surface area contributed by atoms with Crippen molar-refractivity contribution in [3.05, 3.63) is 64.7 Å². The Morgan fingerprint density at radius 2 is 1.70 bits per heavy atom. The van der Waals surface area contributed by atoms with Gasteiger partial charge in [-0.2, -0.15) is 0 Å². The summed E-state index contributed by atoms with van der Waals surface area (Å²) in [5.41, 5.74) is 9.59. The van der Waals surface area contributed by atoms with Crippen LogP contribution in [0.1, 0.15) is 22.3 Å². The lowest BCUT2D eigenvalue weighted by Gasteiger charge is -2.09. The molecule has 20 heavy (non-hydrogen) atoms. The van der Waals surface area contributed by atoms with Crippen LogP contribution in [-0.4, -0.2) is 11.0 Å². The Kier molecular flexibility index (Phi) is 4.25. The summed E-state index contributed by atoms with van der Waals surface area (Å²) in [6.45, 7) is 4.58. The number of aryl methyl sites for hydroxylation is 2. The summed E-state index contributed by atoms with van der Waals surface area (Å²) in [6.07, 6.45) is 0. The van der Waals surface area contributed by atoms with Crippen LogP contribution in [0.5, 0.6) is 5.75 Å². The number of hydrogen-bond acceptors (Lipinski definition) is 3. The maximum absolute atomic E-state index is 8.60. The van der Waals surface area contributed by atoms with Crippen LogP contribution in [0.3, 0.4) is 0 Å².